The van der Waals surface area contributed by atoms with Crippen LogP contribution in [0.25, 0.3) is 10.9 Å². The predicted molar refractivity (Wildman–Crippen MR) is 140 cm³/mol. The standard InChI is InChI=1S/C28H29Cl2N2O3/c1-4-17-15-32(16-19-5-8-25(35-3)27(30)26(19)29)12-10-18(17)13-24(32)28(33)21-9-11-31-23-7-6-20(34-2)14-22(21)23/h4-9,11,14,17-18,24H,1,10,12-13,15-16H2,2-3H3/q+1/t17?,18?,24-,32?/m0/s1. The zero-order valence-electron chi connectivity index (χ0n) is 20.0. The number of benzene rings is 2. The van der Waals surface area contributed by atoms with Gasteiger partial charge < -0.3 is 14.0 Å². The molecule has 0 amide bonds. The van der Waals surface area contributed by atoms with Crippen LogP contribution >= 0.6 is 23.2 Å². The van der Waals surface area contributed by atoms with Crippen molar-refractivity contribution in [1.82, 2.24) is 4.98 Å². The zero-order chi connectivity index (χ0) is 24.7. The van der Waals surface area contributed by atoms with Crippen molar-refractivity contribution < 1.29 is 18.8 Å². The number of ketones is 1. The third kappa shape index (κ3) is 4.10. The SMILES string of the molecule is C=CC1C[N+]2(Cc3ccc(OC)c(Cl)c3Cl)CCC1C[C@H]2C(=O)c1ccnc2ccc(OC)cc12. The Labute approximate surface area is 215 Å². The maximum atomic E-state index is 14.3. The molecule has 3 unspecified atom stereocenters. The van der Waals surface area contributed by atoms with E-state index in [0.29, 0.717) is 50.0 Å². The normalized spacial score (nSPS) is 25.4. The largest absolute Gasteiger partial charge is 0.497 e. The van der Waals surface area contributed by atoms with Crippen molar-refractivity contribution >= 4 is 39.9 Å². The Kier molecular flexibility index (Phi) is 6.51. The van der Waals surface area contributed by atoms with Crippen molar-refractivity contribution in [1.29, 1.82) is 0 Å². The summed E-state index contributed by atoms with van der Waals surface area (Å²) in [4.78, 5) is 18.7. The second-order valence-electron chi connectivity index (χ2n) is 9.64. The number of methoxy groups -OCH3 is 2. The summed E-state index contributed by atoms with van der Waals surface area (Å²) >= 11 is 13.2. The van der Waals surface area contributed by atoms with Crippen molar-refractivity contribution in [3.05, 3.63) is 76.4 Å². The maximum absolute atomic E-state index is 14.3. The van der Waals surface area contributed by atoms with E-state index in [1.807, 2.05) is 36.4 Å². The van der Waals surface area contributed by atoms with Crippen LogP contribution in [0.5, 0.6) is 11.5 Å². The molecule has 2 bridgehead atoms. The summed E-state index contributed by atoms with van der Waals surface area (Å²) < 4.78 is 11.4. The number of nitrogens with zero attached hydrogens (tertiary/aromatic N) is 2. The third-order valence-electron chi connectivity index (χ3n) is 7.96. The van der Waals surface area contributed by atoms with Gasteiger partial charge in [0.25, 0.3) is 0 Å². The highest BCUT2D eigenvalue weighted by Crippen LogP contribution is 2.46. The molecular formula is C28H29Cl2N2O3+. The lowest BCUT2D eigenvalue weighted by Gasteiger charge is -2.56. The molecule has 0 saturated carbocycles. The molecule has 3 aliphatic rings. The van der Waals surface area contributed by atoms with Crippen LogP contribution < -0.4 is 9.47 Å². The van der Waals surface area contributed by atoms with Gasteiger partial charge in [0.05, 0.1) is 37.8 Å². The van der Waals surface area contributed by atoms with Gasteiger partial charge in [0.1, 0.15) is 23.1 Å². The van der Waals surface area contributed by atoms with Gasteiger partial charge in [-0.15, -0.1) is 6.58 Å². The van der Waals surface area contributed by atoms with E-state index in [2.05, 4.69) is 17.6 Å². The number of hydrogen-bond donors (Lipinski definition) is 0. The molecule has 2 aromatic carbocycles. The Morgan fingerprint density at radius 3 is 2.74 bits per heavy atom. The molecule has 0 spiro atoms. The number of carbonyl (C=O) groups excluding carboxylic acids is 1. The van der Waals surface area contributed by atoms with E-state index < -0.39 is 0 Å². The average molecular weight is 512 g/mol. The Hall–Kier alpha value is -2.60. The molecule has 3 saturated heterocycles. The van der Waals surface area contributed by atoms with Crippen molar-refractivity contribution in [2.75, 3.05) is 27.3 Å². The molecule has 0 N–H and O–H groups in total. The lowest BCUT2D eigenvalue weighted by atomic mass is 9.71. The molecular weight excluding hydrogens is 483 g/mol. The number of pyridine rings is 1. The molecule has 3 aromatic rings. The fraction of sp³-hybridized carbons (Fsp3) is 0.357. The van der Waals surface area contributed by atoms with Gasteiger partial charge in [-0.1, -0.05) is 29.3 Å². The van der Waals surface area contributed by atoms with Gasteiger partial charge in [0, 0.05) is 41.5 Å². The average Bonchev–Trinajstić information content (AvgIpc) is 2.90. The minimum absolute atomic E-state index is 0.147. The van der Waals surface area contributed by atoms with Crippen LogP contribution in [0.15, 0.2) is 55.3 Å². The van der Waals surface area contributed by atoms with Crippen LogP contribution in [0.3, 0.4) is 0 Å². The summed E-state index contributed by atoms with van der Waals surface area (Å²) in [5, 5.41) is 1.72. The van der Waals surface area contributed by atoms with Crippen molar-refractivity contribution in [3.63, 3.8) is 0 Å². The number of ether oxygens (including phenoxy) is 2. The highest BCUT2D eigenvalue weighted by molar-refractivity contribution is 6.43. The van der Waals surface area contributed by atoms with Gasteiger partial charge in [-0.2, -0.15) is 0 Å². The van der Waals surface area contributed by atoms with Crippen LogP contribution in [0.2, 0.25) is 10.0 Å². The van der Waals surface area contributed by atoms with Gasteiger partial charge in [0.2, 0.25) is 5.78 Å². The van der Waals surface area contributed by atoms with Crippen LogP contribution in [-0.4, -0.2) is 48.6 Å². The summed E-state index contributed by atoms with van der Waals surface area (Å²) in [6, 6.07) is 11.2. The van der Waals surface area contributed by atoms with Crippen LogP contribution in [0.4, 0.5) is 0 Å². The first-order valence-electron chi connectivity index (χ1n) is 11.9. The van der Waals surface area contributed by atoms with Gasteiger partial charge >= 0.3 is 0 Å². The van der Waals surface area contributed by atoms with Gasteiger partial charge in [-0.05, 0) is 42.3 Å². The number of hydrogen-bond acceptors (Lipinski definition) is 4. The number of fused-ring (bicyclic) bond motifs is 4. The lowest BCUT2D eigenvalue weighted by Crippen LogP contribution is -2.68. The van der Waals surface area contributed by atoms with Crippen LogP contribution in [-0.2, 0) is 6.54 Å². The fourth-order valence-corrected chi connectivity index (χ4v) is 6.57. The first-order valence-corrected chi connectivity index (χ1v) is 12.6. The highest BCUT2D eigenvalue weighted by Gasteiger charge is 2.54. The number of quaternary nitrogens is 1. The first kappa shape index (κ1) is 24.1. The fourth-order valence-electron chi connectivity index (χ4n) is 6.10. The second kappa shape index (κ2) is 9.45. The number of piperidine rings is 3. The van der Waals surface area contributed by atoms with E-state index in [9.17, 15) is 4.79 Å². The maximum Gasteiger partial charge on any atom is 0.220 e. The Balaban J connectivity index is 1.58. The zero-order valence-corrected chi connectivity index (χ0v) is 21.5. The van der Waals surface area contributed by atoms with Crippen LogP contribution in [0.1, 0.15) is 28.8 Å². The summed E-state index contributed by atoms with van der Waals surface area (Å²) in [6.07, 6.45) is 5.67. The Bertz CT molecular complexity index is 1310. The Morgan fingerprint density at radius 1 is 1.17 bits per heavy atom. The molecule has 3 aliphatic heterocycles. The quantitative estimate of drug-likeness (QED) is 0.210. The number of rotatable bonds is 7. The smallest absolute Gasteiger partial charge is 0.220 e. The van der Waals surface area contributed by atoms with E-state index in [0.717, 1.165) is 42.4 Å². The third-order valence-corrected chi connectivity index (χ3v) is 8.87. The molecule has 0 aliphatic carbocycles. The van der Waals surface area contributed by atoms with Crippen molar-refractivity contribution in [2.24, 2.45) is 11.8 Å². The monoisotopic (exact) mass is 511 g/mol. The van der Waals surface area contributed by atoms with Crippen molar-refractivity contribution in [2.45, 2.75) is 25.4 Å². The summed E-state index contributed by atoms with van der Waals surface area (Å²) in [5.74, 6) is 2.23. The molecule has 1 aromatic heterocycles. The summed E-state index contributed by atoms with van der Waals surface area (Å²) in [5.41, 5.74) is 2.41. The predicted octanol–water partition coefficient (Wildman–Crippen LogP) is 6.35. The minimum atomic E-state index is -0.182. The van der Waals surface area contributed by atoms with E-state index >= 15 is 0 Å². The van der Waals surface area contributed by atoms with E-state index in [1.54, 1.807) is 20.4 Å². The van der Waals surface area contributed by atoms with E-state index in [-0.39, 0.29) is 11.8 Å². The molecule has 4 atom stereocenters. The molecule has 35 heavy (non-hydrogen) atoms. The lowest BCUT2D eigenvalue weighted by molar-refractivity contribution is -0.972. The van der Waals surface area contributed by atoms with E-state index in [4.69, 9.17) is 32.7 Å². The number of Topliss-reactive ketones (excluding diaryl/α,β-unsaturated/α-hetero) is 1. The molecule has 0 radical (unpaired) electrons. The molecule has 6 rings (SSSR count). The topological polar surface area (TPSA) is 48.4 Å². The van der Waals surface area contributed by atoms with Gasteiger partial charge in [-0.25, -0.2) is 0 Å². The second-order valence-corrected chi connectivity index (χ2v) is 10.4. The van der Waals surface area contributed by atoms with Crippen LogP contribution in [0, 0.1) is 11.8 Å². The van der Waals surface area contributed by atoms with Crippen molar-refractivity contribution in [3.8, 4) is 11.5 Å². The first-order chi connectivity index (χ1) is 16.9. The molecule has 7 heteroatoms. The summed E-state index contributed by atoms with van der Waals surface area (Å²) in [7, 11) is 3.20. The molecule has 3 fully saturated rings. The highest BCUT2D eigenvalue weighted by atomic mass is 35.5. The number of halogens is 2. The molecule has 4 heterocycles. The molecule has 182 valence electrons. The van der Waals surface area contributed by atoms with Gasteiger partial charge in [0.15, 0.2) is 6.04 Å². The molecule has 5 nitrogen and oxygen atoms in total. The van der Waals surface area contributed by atoms with E-state index in [1.165, 1.54) is 0 Å². The minimum Gasteiger partial charge on any atom is -0.497 e. The number of carbonyl (C=O) groups is 1. The Morgan fingerprint density at radius 2 is 2.00 bits per heavy atom. The number of aromatic nitrogens is 1. The van der Waals surface area contributed by atoms with Gasteiger partial charge in [-0.3, -0.25) is 9.78 Å². The summed E-state index contributed by atoms with van der Waals surface area (Å²) in [6.45, 7) is 6.50.